The number of carbonyl (C=O) groups excluding carboxylic acids is 1. The largest absolute Gasteiger partial charge is 0.332 e. The van der Waals surface area contributed by atoms with E-state index in [9.17, 15) is 4.79 Å². The van der Waals surface area contributed by atoms with E-state index in [0.29, 0.717) is 10.1 Å². The molecule has 3 nitrogen and oxygen atoms in total. The molecule has 0 aliphatic carbocycles. The first-order chi connectivity index (χ1) is 10.5. The van der Waals surface area contributed by atoms with Crippen LogP contribution in [0.15, 0.2) is 53.4 Å². The lowest BCUT2D eigenvalue weighted by Crippen LogP contribution is -2.35. The minimum absolute atomic E-state index is 0.148. The Morgan fingerprint density at radius 3 is 2.64 bits per heavy atom. The van der Waals surface area contributed by atoms with Crippen molar-refractivity contribution in [2.24, 2.45) is 0 Å². The van der Waals surface area contributed by atoms with Crippen LogP contribution < -0.4 is 10.6 Å². The Labute approximate surface area is 144 Å². The van der Waals surface area contributed by atoms with Crippen LogP contribution in [0.2, 0.25) is 5.02 Å². The van der Waals surface area contributed by atoms with Gasteiger partial charge in [0.25, 0.3) is 0 Å². The highest BCUT2D eigenvalue weighted by molar-refractivity contribution is 8.00. The van der Waals surface area contributed by atoms with Crippen molar-refractivity contribution in [2.45, 2.75) is 11.8 Å². The lowest BCUT2D eigenvalue weighted by molar-refractivity contribution is -0.117. The standard InChI is InChI=1S/C16H15ClN2OS2/c1-11-3-2-4-13(9-11)18-16(21)19-15(20)10-22-14-7-5-12(17)6-8-14/h2-9H,10H2,1H3,(H2,18,19,20,21). The van der Waals surface area contributed by atoms with Gasteiger partial charge in [-0.3, -0.25) is 4.79 Å². The second-order valence-corrected chi connectivity index (χ2v) is 6.51. The Hall–Kier alpha value is -1.56. The fraction of sp³-hybridized carbons (Fsp3) is 0.125. The molecule has 2 N–H and O–H groups in total. The number of rotatable bonds is 4. The van der Waals surface area contributed by atoms with E-state index in [1.54, 1.807) is 12.1 Å². The molecule has 114 valence electrons. The Balaban J connectivity index is 1.79. The summed E-state index contributed by atoms with van der Waals surface area (Å²) in [6.07, 6.45) is 0. The van der Waals surface area contributed by atoms with E-state index in [1.165, 1.54) is 11.8 Å². The summed E-state index contributed by atoms with van der Waals surface area (Å²) < 4.78 is 0. The molecule has 0 aliphatic rings. The summed E-state index contributed by atoms with van der Waals surface area (Å²) in [5.74, 6) is 0.141. The van der Waals surface area contributed by atoms with Crippen molar-refractivity contribution in [3.05, 3.63) is 59.1 Å². The van der Waals surface area contributed by atoms with Crippen molar-refractivity contribution in [2.75, 3.05) is 11.1 Å². The number of hydrogen-bond acceptors (Lipinski definition) is 3. The first-order valence-electron chi connectivity index (χ1n) is 6.59. The van der Waals surface area contributed by atoms with E-state index in [1.807, 2.05) is 43.3 Å². The highest BCUT2D eigenvalue weighted by Gasteiger charge is 2.06. The number of aryl methyl sites for hydroxylation is 1. The van der Waals surface area contributed by atoms with Crippen LogP contribution >= 0.6 is 35.6 Å². The van der Waals surface area contributed by atoms with Crippen molar-refractivity contribution < 1.29 is 4.79 Å². The number of thioether (sulfide) groups is 1. The molecular formula is C16H15ClN2OS2. The molecule has 0 heterocycles. The first kappa shape index (κ1) is 16.8. The zero-order valence-electron chi connectivity index (χ0n) is 11.9. The molecule has 1 amide bonds. The SMILES string of the molecule is Cc1cccc(NC(=S)NC(=O)CSc2ccc(Cl)cc2)c1. The van der Waals surface area contributed by atoms with Gasteiger partial charge in [-0.15, -0.1) is 11.8 Å². The van der Waals surface area contributed by atoms with E-state index in [4.69, 9.17) is 23.8 Å². The average molecular weight is 351 g/mol. The second kappa shape index (κ2) is 8.17. The fourth-order valence-electron chi connectivity index (χ4n) is 1.73. The highest BCUT2D eigenvalue weighted by atomic mass is 35.5. The van der Waals surface area contributed by atoms with Crippen molar-refractivity contribution in [3.63, 3.8) is 0 Å². The second-order valence-electron chi connectivity index (χ2n) is 4.61. The van der Waals surface area contributed by atoms with Gasteiger partial charge in [-0.2, -0.15) is 0 Å². The molecule has 0 aromatic heterocycles. The van der Waals surface area contributed by atoms with Crippen LogP contribution in [0.5, 0.6) is 0 Å². The maximum atomic E-state index is 11.9. The number of halogens is 1. The van der Waals surface area contributed by atoms with Crippen LogP contribution in [0.25, 0.3) is 0 Å². The number of carbonyl (C=O) groups is 1. The maximum Gasteiger partial charge on any atom is 0.236 e. The van der Waals surface area contributed by atoms with E-state index in [2.05, 4.69) is 10.6 Å². The molecule has 0 atom stereocenters. The molecule has 2 rings (SSSR count). The van der Waals surface area contributed by atoms with Gasteiger partial charge >= 0.3 is 0 Å². The maximum absolute atomic E-state index is 11.9. The molecule has 0 fully saturated rings. The van der Waals surface area contributed by atoms with Gasteiger partial charge in [0.2, 0.25) is 5.91 Å². The number of anilines is 1. The number of thiocarbonyl (C=S) groups is 1. The van der Waals surface area contributed by atoms with Gasteiger partial charge in [0.1, 0.15) is 0 Å². The van der Waals surface area contributed by atoms with Crippen LogP contribution in [-0.2, 0) is 4.79 Å². The molecule has 0 radical (unpaired) electrons. The lowest BCUT2D eigenvalue weighted by Gasteiger charge is -2.10. The third-order valence-electron chi connectivity index (χ3n) is 2.71. The Morgan fingerprint density at radius 2 is 1.95 bits per heavy atom. The van der Waals surface area contributed by atoms with Gasteiger partial charge in [0.05, 0.1) is 5.75 Å². The van der Waals surface area contributed by atoms with Crippen LogP contribution in [0.3, 0.4) is 0 Å². The molecule has 0 bridgehead atoms. The first-order valence-corrected chi connectivity index (χ1v) is 8.36. The normalized spacial score (nSPS) is 10.1. The zero-order valence-corrected chi connectivity index (χ0v) is 14.3. The molecule has 22 heavy (non-hydrogen) atoms. The topological polar surface area (TPSA) is 41.1 Å². The minimum atomic E-state index is -0.148. The molecule has 2 aromatic carbocycles. The summed E-state index contributed by atoms with van der Waals surface area (Å²) in [4.78, 5) is 12.8. The quantitative estimate of drug-likeness (QED) is 0.638. The van der Waals surface area contributed by atoms with Gasteiger partial charge in [-0.25, -0.2) is 0 Å². The minimum Gasteiger partial charge on any atom is -0.332 e. The number of hydrogen-bond donors (Lipinski definition) is 2. The summed E-state index contributed by atoms with van der Waals surface area (Å²) in [7, 11) is 0. The summed E-state index contributed by atoms with van der Waals surface area (Å²) in [5.41, 5.74) is 1.98. The fourth-order valence-corrected chi connectivity index (χ4v) is 2.78. The molecule has 0 spiro atoms. The predicted octanol–water partition coefficient (Wildman–Crippen LogP) is 4.25. The summed E-state index contributed by atoms with van der Waals surface area (Å²) in [5, 5.41) is 6.63. The van der Waals surface area contributed by atoms with Crippen molar-refractivity contribution in [3.8, 4) is 0 Å². The Bertz CT molecular complexity index is 674. The van der Waals surface area contributed by atoms with Crippen LogP contribution in [0.1, 0.15) is 5.56 Å². The van der Waals surface area contributed by atoms with E-state index in [-0.39, 0.29) is 11.7 Å². The molecule has 0 saturated carbocycles. The van der Waals surface area contributed by atoms with Gasteiger partial charge < -0.3 is 10.6 Å². The van der Waals surface area contributed by atoms with Crippen molar-refractivity contribution in [1.82, 2.24) is 5.32 Å². The molecule has 0 saturated heterocycles. The van der Waals surface area contributed by atoms with E-state index < -0.39 is 0 Å². The third kappa shape index (κ3) is 5.67. The Kier molecular flexibility index (Phi) is 6.24. The number of nitrogens with one attached hydrogen (secondary N) is 2. The number of amides is 1. The highest BCUT2D eigenvalue weighted by Crippen LogP contribution is 2.19. The van der Waals surface area contributed by atoms with Crippen LogP contribution in [0, 0.1) is 6.92 Å². The van der Waals surface area contributed by atoms with E-state index in [0.717, 1.165) is 16.1 Å². The predicted molar refractivity (Wildman–Crippen MR) is 97.7 cm³/mol. The van der Waals surface area contributed by atoms with Crippen molar-refractivity contribution in [1.29, 1.82) is 0 Å². The molecular weight excluding hydrogens is 336 g/mol. The Morgan fingerprint density at radius 1 is 1.23 bits per heavy atom. The lowest BCUT2D eigenvalue weighted by atomic mass is 10.2. The molecule has 0 aliphatic heterocycles. The zero-order chi connectivity index (χ0) is 15.9. The molecule has 2 aromatic rings. The van der Waals surface area contributed by atoms with Crippen molar-refractivity contribution >= 4 is 52.3 Å². The summed E-state index contributed by atoms with van der Waals surface area (Å²) in [6, 6.07) is 15.1. The summed E-state index contributed by atoms with van der Waals surface area (Å²) in [6.45, 7) is 2.00. The third-order valence-corrected chi connectivity index (χ3v) is 4.18. The van der Waals surface area contributed by atoms with Crippen LogP contribution in [-0.4, -0.2) is 16.8 Å². The van der Waals surface area contributed by atoms with Gasteiger partial charge in [0, 0.05) is 15.6 Å². The monoisotopic (exact) mass is 350 g/mol. The van der Waals surface area contributed by atoms with Crippen LogP contribution in [0.4, 0.5) is 5.69 Å². The van der Waals surface area contributed by atoms with Gasteiger partial charge in [-0.05, 0) is 61.1 Å². The molecule has 6 heteroatoms. The van der Waals surface area contributed by atoms with Gasteiger partial charge in [0.15, 0.2) is 5.11 Å². The van der Waals surface area contributed by atoms with E-state index >= 15 is 0 Å². The van der Waals surface area contributed by atoms with Gasteiger partial charge in [-0.1, -0.05) is 23.7 Å². The average Bonchev–Trinajstić information content (AvgIpc) is 2.46. The molecule has 0 unspecified atom stereocenters. The number of benzene rings is 2. The smallest absolute Gasteiger partial charge is 0.236 e. The summed E-state index contributed by atoms with van der Waals surface area (Å²) >= 11 is 12.4.